The lowest BCUT2D eigenvalue weighted by Gasteiger charge is -2.27. The van der Waals surface area contributed by atoms with Gasteiger partial charge in [-0.3, -0.25) is 81.3 Å². The Kier molecular flexibility index (Phi) is 84.6. The molecule has 2 unspecified atom stereocenters. The van der Waals surface area contributed by atoms with Crippen molar-refractivity contribution in [3.63, 3.8) is 0 Å². The van der Waals surface area contributed by atoms with Crippen LogP contribution in [0, 0.1) is 76.9 Å². The van der Waals surface area contributed by atoms with Gasteiger partial charge in [0.1, 0.15) is 34.6 Å². The molecule has 2 aromatic heterocycles. The smallest absolute Gasteiger partial charge is 0.327 e. The van der Waals surface area contributed by atoms with Crippen LogP contribution < -0.4 is 17.2 Å². The molecule has 3 rings (SSSR count). The maximum Gasteiger partial charge on any atom is 0.327 e. The predicted octanol–water partition coefficient (Wildman–Crippen LogP) is 17.2. The summed E-state index contributed by atoms with van der Waals surface area (Å²) in [5.74, 6) is 3.86. The summed E-state index contributed by atoms with van der Waals surface area (Å²) < 4.78 is 30.7. The second kappa shape index (κ2) is 76.7. The minimum atomic E-state index is -3.53. The molecule has 0 aliphatic carbocycles. The monoisotopic (exact) mass is 1770 g/mol. The average molecular weight is 1770 g/mol. The van der Waals surface area contributed by atoms with Crippen molar-refractivity contribution in [2.24, 2.45) is 94.1 Å². The standard InChI is InChI=1S/C12H23NO.C10H22NO.C10H21NO.C9H20N2O.2C9H11NO.C8H17NO.C7H15NO.C6H13O5P.2C5H10O.C4H11O2P/c1-11(2)12(14)7-6-10-13-8-4-3-5-9-13;1-9(2)10(12)7-6-8-11(3,4)5;1-7(2)9(11(5)6)10(12)8(3)4;1-7(2)9(12)8(11)5-3-4-6-10;1-7(2)9(11)8-4-3-5-10-6-8;1-7(2)9(11)8-5-3-4-6-10-8;1-5(2)7(9)8(10)6(3)4;1-6(2)7(9)5-8(3)4;1-5(2)6(7)10-4-11-12(3,8)9;2*1-4(2)5(3)6;1-4(2)7(3,5)6/h11H,3-10H2,1-2H3;9H,6-8H2,1-5H3;7-9H,1-6H3;7-8H,3-6,10-11H2,1-2H3;2*3-7H,1-2H3;5-7H,9H2,1-4H3;6H,5H2,1-4H3;5H,4H2,1-3H3,(H,8,9);2*4H,1-3H3;4H,1-3H3,(H,5,6)/q;+1;;;;;;;;;;/t;;9-;8-;;;7-;;;;;/m..00..0...../s1. The van der Waals surface area contributed by atoms with E-state index in [1.807, 2.05) is 196 Å². The number of likely N-dealkylation sites (tertiary alicyclic amines) is 1. The summed E-state index contributed by atoms with van der Waals surface area (Å²) in [6, 6.07) is 8.44. The summed E-state index contributed by atoms with van der Waals surface area (Å²) in [6.45, 7) is 64.2. The van der Waals surface area contributed by atoms with Crippen LogP contribution in [0.1, 0.15) is 293 Å². The average Bonchev–Trinajstić information content (AvgIpc) is 0.880. The maximum atomic E-state index is 11.7. The number of piperidine rings is 1. The van der Waals surface area contributed by atoms with E-state index in [1.165, 1.54) is 39.0 Å². The Morgan fingerprint density at radius 1 is 0.516 bits per heavy atom. The van der Waals surface area contributed by atoms with Gasteiger partial charge in [0.05, 0.1) is 58.3 Å². The van der Waals surface area contributed by atoms with Crippen LogP contribution in [0.15, 0.2) is 48.9 Å². The van der Waals surface area contributed by atoms with Gasteiger partial charge in [0, 0.05) is 122 Å². The van der Waals surface area contributed by atoms with E-state index in [-0.39, 0.29) is 129 Å². The van der Waals surface area contributed by atoms with Gasteiger partial charge in [-0.25, -0.2) is 0 Å². The first kappa shape index (κ1) is 135. The minimum absolute atomic E-state index is 0.0323. The van der Waals surface area contributed by atoms with Crippen LogP contribution in [-0.4, -0.2) is 235 Å². The number of nitrogens with two attached hydrogens (primary N) is 3. The number of nitrogens with zero attached hydrogens (tertiary/aromatic N) is 6. The fourth-order valence-electron chi connectivity index (χ4n) is 8.77. The Morgan fingerprint density at radius 3 is 1.21 bits per heavy atom. The largest absolute Gasteiger partial charge is 0.438 e. The number of carbonyl (C=O) groups is 11. The molecule has 1 saturated heterocycles. The van der Waals surface area contributed by atoms with Crippen molar-refractivity contribution in [3.05, 3.63) is 60.2 Å². The number of hydrogen-bond donors (Lipinski definition) is 5. The number of quaternary nitrogens is 1. The van der Waals surface area contributed by atoms with E-state index in [1.54, 1.807) is 84.4 Å². The van der Waals surface area contributed by atoms with Crippen LogP contribution in [0.25, 0.3) is 0 Å². The Hall–Kier alpha value is -5.47. The first-order chi connectivity index (χ1) is 55.5. The fourth-order valence-corrected chi connectivity index (χ4v) is 9.02. The van der Waals surface area contributed by atoms with E-state index >= 15 is 0 Å². The van der Waals surface area contributed by atoms with Crippen LogP contribution >= 0.6 is 15.0 Å². The predicted molar refractivity (Wildman–Crippen MR) is 507 cm³/mol. The molecule has 26 nitrogen and oxygen atoms in total. The Morgan fingerprint density at radius 2 is 0.943 bits per heavy atom. The Labute approximate surface area is 743 Å². The first-order valence-electron chi connectivity index (χ1n) is 44.0. The number of esters is 1. The summed E-state index contributed by atoms with van der Waals surface area (Å²) in [4.78, 5) is 153. The van der Waals surface area contributed by atoms with Gasteiger partial charge in [-0.15, -0.1) is 0 Å². The topological polar surface area (TPSA) is 394 Å². The molecule has 28 heteroatoms. The molecule has 0 amide bonds. The first-order valence-corrected chi connectivity index (χ1v) is 48.2. The molecule has 0 bridgehead atoms. The molecule has 0 radical (unpaired) electrons. The normalized spacial score (nSPS) is 13.5. The zero-order chi connectivity index (χ0) is 98.1. The van der Waals surface area contributed by atoms with Gasteiger partial charge in [0.25, 0.3) is 0 Å². The molecule has 3 heterocycles. The van der Waals surface area contributed by atoms with Crippen molar-refractivity contribution in [2.75, 3.05) is 109 Å². The number of carbonyl (C=O) groups excluding carboxylic acids is 11. The highest BCUT2D eigenvalue weighted by Crippen LogP contribution is 2.40. The molecular weight excluding hydrogens is 1590 g/mol. The summed E-state index contributed by atoms with van der Waals surface area (Å²) in [5, 5.41) is 0. The van der Waals surface area contributed by atoms with Crippen molar-refractivity contribution >= 4 is 78.8 Å². The number of hydrogen-bond acceptors (Lipinski definition) is 23. The van der Waals surface area contributed by atoms with Crippen LogP contribution in [0.2, 0.25) is 0 Å². The SMILES string of the molecule is CC(=O)C(C)C.CC(=O)C(C)C.CC(C)C(=O)CCCN1CCCCC1.CC(C)C(=O)CCC[N+](C)(C)C.CC(C)C(=O)CN(C)C.CC(C)C(=O)OCOP(C)(=O)O.CC(C)C(=O)[C@@H](N)C(C)C.CC(C)C(=O)[C@@H](N)CCCCN.CC(C)C(=O)[C@H](C(C)C)N(C)C.CC(C)C(=O)c1ccccn1.CC(C)C(=O)c1cccnc1.CC(C)P(C)(=O)O. The molecule has 8 N–H and O–H groups in total. The summed E-state index contributed by atoms with van der Waals surface area (Å²) >= 11 is 0. The number of ether oxygens (including phenoxy) is 1. The van der Waals surface area contributed by atoms with Gasteiger partial charge in [0.15, 0.2) is 36.3 Å². The van der Waals surface area contributed by atoms with Crippen molar-refractivity contribution in [3.8, 4) is 0 Å². The summed E-state index contributed by atoms with van der Waals surface area (Å²) in [6.07, 6.45) is 15.2. The third kappa shape index (κ3) is 88.0. The van der Waals surface area contributed by atoms with E-state index in [9.17, 15) is 61.9 Å². The number of unbranched alkanes of at least 4 members (excludes halogenated alkanes) is 1. The second-order valence-corrected chi connectivity index (χ2v) is 41.7. The van der Waals surface area contributed by atoms with E-state index in [2.05, 4.69) is 59.1 Å². The van der Waals surface area contributed by atoms with Crippen LogP contribution in [0.5, 0.6) is 0 Å². The maximum absolute atomic E-state index is 11.7. The van der Waals surface area contributed by atoms with E-state index in [0.29, 0.717) is 53.4 Å². The number of pyridine rings is 2. The van der Waals surface area contributed by atoms with Gasteiger partial charge in [-0.1, -0.05) is 213 Å². The lowest BCUT2D eigenvalue weighted by Crippen LogP contribution is -2.42. The van der Waals surface area contributed by atoms with Gasteiger partial charge in [-0.05, 0) is 136 Å². The number of Topliss-reactive ketones (excluding diaryl/α,β-unsaturated/α-hetero) is 10. The molecule has 1 fully saturated rings. The highest BCUT2D eigenvalue weighted by Gasteiger charge is 2.26. The van der Waals surface area contributed by atoms with Crippen LogP contribution in [0.4, 0.5) is 0 Å². The van der Waals surface area contributed by atoms with Crippen LogP contribution in [-0.2, 0) is 61.5 Å². The molecule has 0 spiro atoms. The third-order valence-corrected chi connectivity index (χ3v) is 20.5. The minimum Gasteiger partial charge on any atom is -0.438 e. The summed E-state index contributed by atoms with van der Waals surface area (Å²) in [5.41, 5.74) is 17.8. The number of rotatable bonds is 37. The highest BCUT2D eigenvalue weighted by atomic mass is 31.2. The van der Waals surface area contributed by atoms with Gasteiger partial charge in [0.2, 0.25) is 6.79 Å². The molecule has 0 saturated carbocycles. The molecule has 0 aromatic carbocycles. The Balaban J connectivity index is -0.000000164. The molecule has 2 aromatic rings. The second-order valence-electron chi connectivity index (χ2n) is 36.9. The number of ketones is 10. The number of aromatic nitrogens is 2. The molecule has 1 aliphatic heterocycles. The third-order valence-electron chi connectivity index (χ3n) is 18.0. The lowest BCUT2D eigenvalue weighted by atomic mass is 9.92. The molecule has 122 heavy (non-hydrogen) atoms. The molecule has 716 valence electrons. The zero-order valence-corrected chi connectivity index (χ0v) is 86.1. The molecular formula is C94H184N9O17P2+. The van der Waals surface area contributed by atoms with E-state index < -0.39 is 27.7 Å². The van der Waals surface area contributed by atoms with Crippen molar-refractivity contribution in [1.82, 2.24) is 24.7 Å². The molecule has 5 atom stereocenters. The van der Waals surface area contributed by atoms with E-state index in [0.717, 1.165) is 69.2 Å². The van der Waals surface area contributed by atoms with Gasteiger partial charge < -0.3 is 46.0 Å². The van der Waals surface area contributed by atoms with Gasteiger partial charge >= 0.3 is 13.6 Å². The number of likely N-dealkylation sites (N-methyl/N-ethyl adjacent to an activating group) is 2. The van der Waals surface area contributed by atoms with Crippen molar-refractivity contribution in [1.29, 1.82) is 0 Å². The van der Waals surface area contributed by atoms with Crippen LogP contribution in [0.3, 0.4) is 0 Å². The fraction of sp³-hybridized carbons (Fsp3) is 0.777. The zero-order valence-electron chi connectivity index (χ0n) is 84.3. The Bertz CT molecular complexity index is 3090. The summed E-state index contributed by atoms with van der Waals surface area (Å²) in [7, 11) is 7.92. The lowest BCUT2D eigenvalue weighted by molar-refractivity contribution is -0.870. The highest BCUT2D eigenvalue weighted by molar-refractivity contribution is 7.57. The van der Waals surface area contributed by atoms with E-state index in [4.69, 9.17) is 27.0 Å². The van der Waals surface area contributed by atoms with Crippen molar-refractivity contribution in [2.45, 2.75) is 296 Å². The quantitative estimate of drug-likeness (QED) is 0.0105. The molecule has 1 aliphatic rings. The van der Waals surface area contributed by atoms with Gasteiger partial charge in [-0.2, -0.15) is 0 Å². The van der Waals surface area contributed by atoms with Crippen molar-refractivity contribution < 1.29 is 85.4 Å².